The van der Waals surface area contributed by atoms with Crippen molar-refractivity contribution in [3.05, 3.63) is 0 Å². The molecule has 10 heteroatoms. The number of hydrogen-bond acceptors (Lipinski definition) is 7. The Balaban J connectivity index is 0.000000311. The van der Waals surface area contributed by atoms with Crippen LogP contribution in [0.1, 0.15) is 40.5 Å². The van der Waals surface area contributed by atoms with Crippen LogP contribution in [-0.4, -0.2) is 110 Å². The number of ether oxygens (including phenoxy) is 1. The second-order valence-corrected chi connectivity index (χ2v) is 7.96. The molecule has 31 heavy (non-hydrogen) atoms. The van der Waals surface area contributed by atoms with E-state index in [1.165, 1.54) is 20.8 Å². The van der Waals surface area contributed by atoms with Crippen LogP contribution in [0.25, 0.3) is 0 Å². The van der Waals surface area contributed by atoms with Crippen molar-refractivity contribution in [2.24, 2.45) is 0 Å². The molecule has 2 aliphatic heterocycles. The number of carbonyl (C=O) groups excluding carboxylic acids is 4. The normalized spacial score (nSPS) is 17.9. The van der Waals surface area contributed by atoms with Crippen LogP contribution in [0.4, 0.5) is 0 Å². The lowest BCUT2D eigenvalue weighted by Crippen LogP contribution is -2.49. The van der Waals surface area contributed by atoms with Crippen LogP contribution in [0.3, 0.4) is 0 Å². The Morgan fingerprint density at radius 1 is 0.742 bits per heavy atom. The van der Waals surface area contributed by atoms with Crippen molar-refractivity contribution in [3.8, 4) is 0 Å². The summed E-state index contributed by atoms with van der Waals surface area (Å²) in [5.41, 5.74) is 0. The van der Waals surface area contributed by atoms with Crippen molar-refractivity contribution >= 4 is 23.7 Å². The Kier molecular flexibility index (Phi) is 12.8. The first-order valence-electron chi connectivity index (χ1n) is 11.0. The smallest absolute Gasteiger partial charge is 0.302 e. The number of amides is 3. The van der Waals surface area contributed by atoms with Gasteiger partial charge in [0.25, 0.3) is 0 Å². The minimum absolute atomic E-state index is 0.00907. The molecular formula is C21H39N5O5. The molecule has 0 aromatic carbocycles. The van der Waals surface area contributed by atoms with Gasteiger partial charge in [-0.25, -0.2) is 0 Å². The molecule has 0 atom stereocenters. The van der Waals surface area contributed by atoms with E-state index in [-0.39, 0.29) is 29.8 Å². The summed E-state index contributed by atoms with van der Waals surface area (Å²) in [6, 6.07) is 0. The third kappa shape index (κ3) is 13.0. The minimum atomic E-state index is -0.198. The lowest BCUT2D eigenvalue weighted by molar-refractivity contribution is -0.148. The number of carbonyl (C=O) groups is 4. The Morgan fingerprint density at radius 2 is 1.19 bits per heavy atom. The highest BCUT2D eigenvalue weighted by Crippen LogP contribution is 2.13. The highest BCUT2D eigenvalue weighted by molar-refractivity contribution is 5.73. The molecule has 2 aliphatic rings. The molecule has 178 valence electrons. The van der Waals surface area contributed by atoms with Gasteiger partial charge in [0.2, 0.25) is 17.7 Å². The molecule has 0 aromatic rings. The molecule has 3 amide bonds. The quantitative estimate of drug-likeness (QED) is 0.509. The largest absolute Gasteiger partial charge is 0.462 e. The number of esters is 1. The van der Waals surface area contributed by atoms with Crippen molar-refractivity contribution in [1.29, 1.82) is 0 Å². The molecule has 2 fully saturated rings. The minimum Gasteiger partial charge on any atom is -0.462 e. The van der Waals surface area contributed by atoms with Gasteiger partial charge >= 0.3 is 5.97 Å². The lowest BCUT2D eigenvalue weighted by atomic mass is 10.1. The number of nitrogens with one attached hydrogen (secondary N) is 2. The Morgan fingerprint density at radius 3 is 1.58 bits per heavy atom. The van der Waals surface area contributed by atoms with Gasteiger partial charge in [-0.3, -0.25) is 24.1 Å². The maximum atomic E-state index is 11.1. The zero-order chi connectivity index (χ0) is 23.2. The SMILES string of the molecule is CC(=O)NCCN1CCC(OC(C)=O)CC1.CC(=O)NCCN1CCN(C(C)=O)CC1. The average Bonchev–Trinajstić information content (AvgIpc) is 2.69. The first-order chi connectivity index (χ1) is 14.7. The van der Waals surface area contributed by atoms with Crippen LogP contribution in [0.5, 0.6) is 0 Å². The van der Waals surface area contributed by atoms with Crippen LogP contribution in [-0.2, 0) is 23.9 Å². The second kappa shape index (κ2) is 14.7. The molecule has 0 saturated carbocycles. The van der Waals surface area contributed by atoms with Crippen LogP contribution in [0, 0.1) is 0 Å². The topological polar surface area (TPSA) is 111 Å². The summed E-state index contributed by atoms with van der Waals surface area (Å²) < 4.78 is 5.15. The van der Waals surface area contributed by atoms with E-state index < -0.39 is 0 Å². The first-order valence-corrected chi connectivity index (χ1v) is 11.0. The fourth-order valence-corrected chi connectivity index (χ4v) is 3.55. The summed E-state index contributed by atoms with van der Waals surface area (Å²) in [4.78, 5) is 49.5. The van der Waals surface area contributed by atoms with Gasteiger partial charge in [0.15, 0.2) is 0 Å². The Hall–Kier alpha value is -2.20. The van der Waals surface area contributed by atoms with Crippen molar-refractivity contribution in [2.75, 3.05) is 65.4 Å². The Bertz CT molecular complexity index is 582. The number of hydrogen-bond donors (Lipinski definition) is 2. The highest BCUT2D eigenvalue weighted by Gasteiger charge is 2.20. The predicted molar refractivity (Wildman–Crippen MR) is 117 cm³/mol. The second-order valence-electron chi connectivity index (χ2n) is 7.96. The van der Waals surface area contributed by atoms with Gasteiger partial charge in [0.05, 0.1) is 0 Å². The fourth-order valence-electron chi connectivity index (χ4n) is 3.55. The third-order valence-corrected chi connectivity index (χ3v) is 5.29. The number of likely N-dealkylation sites (tertiary alicyclic amines) is 1. The van der Waals surface area contributed by atoms with E-state index in [4.69, 9.17) is 4.74 Å². The number of rotatable bonds is 7. The predicted octanol–water partition coefficient (Wildman–Crippen LogP) is -0.563. The molecule has 10 nitrogen and oxygen atoms in total. The monoisotopic (exact) mass is 441 g/mol. The van der Waals surface area contributed by atoms with Crippen molar-refractivity contribution < 1.29 is 23.9 Å². The zero-order valence-corrected chi connectivity index (χ0v) is 19.4. The van der Waals surface area contributed by atoms with E-state index in [0.717, 1.165) is 65.2 Å². The first kappa shape index (κ1) is 26.8. The van der Waals surface area contributed by atoms with Crippen LogP contribution < -0.4 is 10.6 Å². The lowest BCUT2D eigenvalue weighted by Gasteiger charge is -2.34. The maximum Gasteiger partial charge on any atom is 0.302 e. The van der Waals surface area contributed by atoms with E-state index in [9.17, 15) is 19.2 Å². The summed E-state index contributed by atoms with van der Waals surface area (Å²) in [5, 5.41) is 5.54. The van der Waals surface area contributed by atoms with Gasteiger partial charge in [-0.1, -0.05) is 0 Å². The van der Waals surface area contributed by atoms with Crippen molar-refractivity contribution in [3.63, 3.8) is 0 Å². The number of nitrogens with zero attached hydrogens (tertiary/aromatic N) is 3. The van der Waals surface area contributed by atoms with Gasteiger partial charge in [-0.05, 0) is 12.8 Å². The molecule has 2 saturated heterocycles. The van der Waals surface area contributed by atoms with Crippen molar-refractivity contribution in [2.45, 2.75) is 46.6 Å². The van der Waals surface area contributed by atoms with Gasteiger partial charge in [-0.2, -0.15) is 0 Å². The molecule has 0 aliphatic carbocycles. The van der Waals surface area contributed by atoms with Crippen LogP contribution in [0.2, 0.25) is 0 Å². The molecule has 0 unspecified atom stereocenters. The van der Waals surface area contributed by atoms with Gasteiger partial charge < -0.3 is 25.2 Å². The molecule has 0 bridgehead atoms. The summed E-state index contributed by atoms with van der Waals surface area (Å²) in [6.45, 7) is 14.5. The highest BCUT2D eigenvalue weighted by atomic mass is 16.5. The third-order valence-electron chi connectivity index (χ3n) is 5.29. The van der Waals surface area contributed by atoms with Crippen molar-refractivity contribution in [1.82, 2.24) is 25.3 Å². The van der Waals surface area contributed by atoms with E-state index in [2.05, 4.69) is 20.4 Å². The van der Waals surface area contributed by atoms with E-state index >= 15 is 0 Å². The molecular weight excluding hydrogens is 402 g/mol. The maximum absolute atomic E-state index is 11.1. The Labute approximate surface area is 185 Å². The molecule has 2 N–H and O–H groups in total. The van der Waals surface area contributed by atoms with Gasteiger partial charge in [-0.15, -0.1) is 0 Å². The summed E-state index contributed by atoms with van der Waals surface area (Å²) >= 11 is 0. The summed E-state index contributed by atoms with van der Waals surface area (Å²) in [7, 11) is 0. The molecule has 0 radical (unpaired) electrons. The number of piperazine rings is 1. The standard InChI is InChI=1S/C11H20N2O3.C10H19N3O2/c1-9(14)12-5-8-13-6-3-11(4-7-13)16-10(2)15;1-9(14)11-3-4-12-5-7-13(8-6-12)10(2)15/h11H,3-8H2,1-2H3,(H,12,14);3-8H2,1-2H3,(H,11,14). The van der Waals surface area contributed by atoms with Gasteiger partial charge in [0, 0.05) is 93.1 Å². The van der Waals surface area contributed by atoms with Crippen LogP contribution >= 0.6 is 0 Å². The molecule has 2 rings (SSSR count). The molecule has 0 aromatic heterocycles. The molecule has 2 heterocycles. The van der Waals surface area contributed by atoms with Crippen LogP contribution in [0.15, 0.2) is 0 Å². The van der Waals surface area contributed by atoms with E-state index in [0.29, 0.717) is 13.1 Å². The zero-order valence-electron chi connectivity index (χ0n) is 19.4. The van der Waals surface area contributed by atoms with Gasteiger partial charge in [0.1, 0.15) is 6.10 Å². The van der Waals surface area contributed by atoms with E-state index in [1.54, 1.807) is 6.92 Å². The summed E-state index contributed by atoms with van der Waals surface area (Å²) in [5.74, 6) is -0.0274. The average molecular weight is 442 g/mol. The molecule has 0 spiro atoms. The number of piperidine rings is 1. The fraction of sp³-hybridized carbons (Fsp3) is 0.810. The summed E-state index contributed by atoms with van der Waals surface area (Å²) in [6.07, 6.45) is 1.86. The van der Waals surface area contributed by atoms with E-state index in [1.807, 2.05) is 4.90 Å².